The molecule has 0 saturated carbocycles. The normalized spacial score (nSPS) is 12.7. The maximum absolute atomic E-state index is 12.1. The van der Waals surface area contributed by atoms with Crippen molar-refractivity contribution in [3.8, 4) is 0 Å². The first-order valence-electron chi connectivity index (χ1n) is 5.95. The van der Waals surface area contributed by atoms with Crippen LogP contribution in [0.4, 0.5) is 0 Å². The van der Waals surface area contributed by atoms with Crippen molar-refractivity contribution < 1.29 is 8.42 Å². The molecule has 3 rings (SSSR count). The number of hydrogen-bond acceptors (Lipinski definition) is 3. The van der Waals surface area contributed by atoms with Gasteiger partial charge in [-0.25, -0.2) is 4.98 Å². The van der Waals surface area contributed by atoms with Gasteiger partial charge in [-0.05, 0) is 24.3 Å². The van der Waals surface area contributed by atoms with Crippen LogP contribution in [0.25, 0.3) is 5.65 Å². The summed E-state index contributed by atoms with van der Waals surface area (Å²) < 4.78 is 29.8. The maximum Gasteiger partial charge on any atom is 0.284 e. The van der Waals surface area contributed by atoms with Crippen molar-refractivity contribution in [3.63, 3.8) is 0 Å². The van der Waals surface area contributed by atoms with E-state index < -0.39 is 10.0 Å². The van der Waals surface area contributed by atoms with Gasteiger partial charge in [-0.15, -0.1) is 4.40 Å². The molecule has 0 aliphatic carbocycles. The Labute approximate surface area is 115 Å². The fraction of sp³-hybridized carbons (Fsp3) is 0. The van der Waals surface area contributed by atoms with Crippen LogP contribution in [0.5, 0.6) is 0 Å². The molecule has 0 N–H and O–H groups in total. The van der Waals surface area contributed by atoms with Gasteiger partial charge in [-0.3, -0.25) is 0 Å². The first kappa shape index (κ1) is 12.6. The third-order valence-corrected chi connectivity index (χ3v) is 4.03. The molecule has 0 aliphatic heterocycles. The molecule has 100 valence electrons. The lowest BCUT2D eigenvalue weighted by Gasteiger charge is -1.99. The number of fused-ring (bicyclic) bond motifs is 1. The van der Waals surface area contributed by atoms with E-state index in [2.05, 4.69) is 9.38 Å². The molecule has 2 heterocycles. The minimum Gasteiger partial charge on any atom is -0.308 e. The zero-order valence-corrected chi connectivity index (χ0v) is 11.2. The molecule has 6 heteroatoms. The van der Waals surface area contributed by atoms with Crippen molar-refractivity contribution >= 4 is 15.7 Å². The van der Waals surface area contributed by atoms with Crippen LogP contribution in [0, 0.1) is 0 Å². The molecule has 0 radical (unpaired) electrons. The van der Waals surface area contributed by atoms with Crippen molar-refractivity contribution in [2.75, 3.05) is 0 Å². The van der Waals surface area contributed by atoms with Gasteiger partial charge in [0.1, 0.15) is 5.65 Å². The fourth-order valence-corrected chi connectivity index (χ4v) is 2.74. The van der Waals surface area contributed by atoms with Gasteiger partial charge in [-0.2, -0.15) is 8.42 Å². The van der Waals surface area contributed by atoms with Gasteiger partial charge in [0.2, 0.25) is 0 Å². The van der Waals surface area contributed by atoms with E-state index in [1.165, 1.54) is 12.1 Å². The number of hydrogen-bond donors (Lipinski definition) is 0. The number of aromatic nitrogens is 2. The Balaban J connectivity index is 2.15. The van der Waals surface area contributed by atoms with E-state index >= 15 is 0 Å². The van der Waals surface area contributed by atoms with Gasteiger partial charge < -0.3 is 4.40 Å². The highest BCUT2D eigenvalue weighted by atomic mass is 32.2. The number of nitrogens with zero attached hydrogens (tertiary/aromatic N) is 3. The van der Waals surface area contributed by atoms with Crippen molar-refractivity contribution in [1.82, 2.24) is 9.38 Å². The lowest BCUT2D eigenvalue weighted by Crippen LogP contribution is -2.13. The molecule has 0 atom stereocenters. The van der Waals surface area contributed by atoms with Crippen molar-refractivity contribution in [2.45, 2.75) is 4.90 Å². The fourth-order valence-electron chi connectivity index (χ4n) is 1.79. The van der Waals surface area contributed by atoms with Gasteiger partial charge in [0, 0.05) is 18.5 Å². The molecule has 0 spiro atoms. The third-order valence-electron chi connectivity index (χ3n) is 2.74. The van der Waals surface area contributed by atoms with Crippen LogP contribution < -0.4 is 5.49 Å². The summed E-state index contributed by atoms with van der Waals surface area (Å²) in [4.78, 5) is 4.36. The molecule has 3 aromatic rings. The molecule has 0 bridgehead atoms. The Morgan fingerprint density at radius 3 is 2.45 bits per heavy atom. The zero-order chi connectivity index (χ0) is 14.0. The molecule has 0 amide bonds. The smallest absolute Gasteiger partial charge is 0.284 e. The van der Waals surface area contributed by atoms with Crippen molar-refractivity contribution in [3.05, 3.63) is 72.5 Å². The first-order valence-corrected chi connectivity index (χ1v) is 7.39. The van der Waals surface area contributed by atoms with Crippen LogP contribution in [-0.4, -0.2) is 17.8 Å². The minimum atomic E-state index is -3.73. The largest absolute Gasteiger partial charge is 0.308 e. The molecule has 2 aromatic heterocycles. The van der Waals surface area contributed by atoms with Gasteiger partial charge in [0.15, 0.2) is 5.49 Å². The second kappa shape index (κ2) is 4.90. The van der Waals surface area contributed by atoms with E-state index in [-0.39, 0.29) is 10.4 Å². The summed E-state index contributed by atoms with van der Waals surface area (Å²) >= 11 is 0. The molecular formula is C14H11N3O2S. The molecule has 0 fully saturated rings. The topological polar surface area (TPSA) is 63.8 Å². The number of pyridine rings is 1. The quantitative estimate of drug-likeness (QED) is 0.719. The van der Waals surface area contributed by atoms with Gasteiger partial charge in [0.25, 0.3) is 10.0 Å². The summed E-state index contributed by atoms with van der Waals surface area (Å²) in [5, 5.41) is 0. The predicted molar refractivity (Wildman–Crippen MR) is 74.4 cm³/mol. The Kier molecular flexibility index (Phi) is 3.08. The SMILES string of the molecule is O=S(=O)(/N=c1/ccn2ccccc2n1)c1ccccc1. The summed E-state index contributed by atoms with van der Waals surface area (Å²) in [5.41, 5.74) is 0.803. The molecular weight excluding hydrogens is 274 g/mol. The highest BCUT2D eigenvalue weighted by Gasteiger charge is 2.11. The van der Waals surface area contributed by atoms with Crippen LogP contribution in [0.15, 0.2) is 76.3 Å². The van der Waals surface area contributed by atoms with Crippen LogP contribution in [0.1, 0.15) is 0 Å². The monoisotopic (exact) mass is 285 g/mol. The van der Waals surface area contributed by atoms with E-state index in [0.717, 1.165) is 0 Å². The Bertz CT molecular complexity index is 916. The maximum atomic E-state index is 12.1. The summed E-state index contributed by atoms with van der Waals surface area (Å²) in [6, 6.07) is 15.1. The van der Waals surface area contributed by atoms with Gasteiger partial charge in [0.05, 0.1) is 4.90 Å². The number of benzene rings is 1. The van der Waals surface area contributed by atoms with E-state index in [1.807, 2.05) is 18.3 Å². The summed E-state index contributed by atoms with van der Waals surface area (Å²) in [5.74, 6) is 0. The second-order valence-electron chi connectivity index (χ2n) is 4.13. The van der Waals surface area contributed by atoms with E-state index in [1.54, 1.807) is 40.9 Å². The standard InChI is InChI=1S/C14H11N3O2S/c18-20(19,12-6-2-1-3-7-12)16-13-9-11-17-10-5-4-8-14(17)15-13/h1-11H/b16-13-. The van der Waals surface area contributed by atoms with Crippen LogP contribution in [0.3, 0.4) is 0 Å². The average Bonchev–Trinajstić information content (AvgIpc) is 2.48. The summed E-state index contributed by atoms with van der Waals surface area (Å²) in [7, 11) is -3.73. The van der Waals surface area contributed by atoms with E-state index in [0.29, 0.717) is 5.65 Å². The highest BCUT2D eigenvalue weighted by Crippen LogP contribution is 2.09. The molecule has 20 heavy (non-hydrogen) atoms. The number of sulfonamides is 1. The molecule has 0 aliphatic rings. The third kappa shape index (κ3) is 2.46. The van der Waals surface area contributed by atoms with E-state index in [4.69, 9.17) is 0 Å². The van der Waals surface area contributed by atoms with Crippen LogP contribution >= 0.6 is 0 Å². The Hall–Kier alpha value is -2.47. The minimum absolute atomic E-state index is 0.155. The molecule has 5 nitrogen and oxygen atoms in total. The molecule has 1 aromatic carbocycles. The number of rotatable bonds is 2. The lowest BCUT2D eigenvalue weighted by molar-refractivity contribution is 0.596. The summed E-state index contributed by atoms with van der Waals surface area (Å²) in [6.07, 6.45) is 3.56. The van der Waals surface area contributed by atoms with E-state index in [9.17, 15) is 8.42 Å². The van der Waals surface area contributed by atoms with Crippen molar-refractivity contribution in [1.29, 1.82) is 0 Å². The average molecular weight is 285 g/mol. The Morgan fingerprint density at radius 1 is 0.900 bits per heavy atom. The van der Waals surface area contributed by atoms with Gasteiger partial charge in [-0.1, -0.05) is 24.3 Å². The van der Waals surface area contributed by atoms with Crippen molar-refractivity contribution in [2.24, 2.45) is 4.40 Å². The predicted octanol–water partition coefficient (Wildman–Crippen LogP) is 1.62. The van der Waals surface area contributed by atoms with Crippen LogP contribution in [-0.2, 0) is 10.0 Å². The molecule has 0 saturated heterocycles. The summed E-state index contributed by atoms with van der Waals surface area (Å²) in [6.45, 7) is 0. The highest BCUT2D eigenvalue weighted by molar-refractivity contribution is 7.90. The lowest BCUT2D eigenvalue weighted by atomic mass is 10.4. The van der Waals surface area contributed by atoms with Crippen LogP contribution in [0.2, 0.25) is 0 Å². The molecule has 0 unspecified atom stereocenters. The first-order chi connectivity index (χ1) is 9.65. The Morgan fingerprint density at radius 2 is 1.65 bits per heavy atom. The zero-order valence-electron chi connectivity index (χ0n) is 10.4. The van der Waals surface area contributed by atoms with Gasteiger partial charge >= 0.3 is 0 Å². The second-order valence-corrected chi connectivity index (χ2v) is 5.74.